The summed E-state index contributed by atoms with van der Waals surface area (Å²) in [5.41, 5.74) is 7.34. The third kappa shape index (κ3) is 2.70. The van der Waals surface area contributed by atoms with E-state index in [1.807, 2.05) is 13.2 Å². The fourth-order valence-electron chi connectivity index (χ4n) is 1.75. The van der Waals surface area contributed by atoms with Crippen LogP contribution in [0.1, 0.15) is 22.2 Å². The maximum absolute atomic E-state index is 11.5. The summed E-state index contributed by atoms with van der Waals surface area (Å²) in [5.74, 6) is 0.467. The second-order valence-corrected chi connectivity index (χ2v) is 5.16. The van der Waals surface area contributed by atoms with Crippen molar-refractivity contribution >= 4 is 27.8 Å². The first-order valence-corrected chi connectivity index (χ1v) is 6.53. The Morgan fingerprint density at radius 1 is 1.63 bits per heavy atom. The highest BCUT2D eigenvalue weighted by molar-refractivity contribution is 7.19. The third-order valence-electron chi connectivity index (χ3n) is 2.63. The number of carbonyl (C=O) groups excluding carboxylic acids is 1. The molecule has 3 N–H and O–H groups in total. The van der Waals surface area contributed by atoms with Gasteiger partial charge in [-0.2, -0.15) is 5.10 Å². The SMILES string of the molecule is COc1c(NCc2cnn(C)c2)sc(C(C)=O)c1N. The van der Waals surface area contributed by atoms with Crippen LogP contribution >= 0.6 is 11.3 Å². The van der Waals surface area contributed by atoms with E-state index >= 15 is 0 Å². The van der Waals surface area contributed by atoms with Crippen LogP contribution in [0.3, 0.4) is 0 Å². The summed E-state index contributed by atoms with van der Waals surface area (Å²) in [5, 5.41) is 8.07. The van der Waals surface area contributed by atoms with Gasteiger partial charge in [0.05, 0.1) is 23.9 Å². The lowest BCUT2D eigenvalue weighted by Crippen LogP contribution is -1.99. The number of nitrogen functional groups attached to an aromatic ring is 1. The Kier molecular flexibility index (Phi) is 3.75. The fraction of sp³-hybridized carbons (Fsp3) is 0.333. The number of nitrogens with zero attached hydrogens (tertiary/aromatic N) is 2. The van der Waals surface area contributed by atoms with E-state index in [0.717, 1.165) is 10.6 Å². The van der Waals surface area contributed by atoms with E-state index in [0.29, 0.717) is 22.9 Å². The predicted molar refractivity (Wildman–Crippen MR) is 75.8 cm³/mol. The Morgan fingerprint density at radius 2 is 2.37 bits per heavy atom. The summed E-state index contributed by atoms with van der Waals surface area (Å²) >= 11 is 1.31. The van der Waals surface area contributed by atoms with Gasteiger partial charge in [0.25, 0.3) is 0 Å². The van der Waals surface area contributed by atoms with Crippen molar-refractivity contribution in [3.63, 3.8) is 0 Å². The van der Waals surface area contributed by atoms with Crippen molar-refractivity contribution in [1.82, 2.24) is 9.78 Å². The smallest absolute Gasteiger partial charge is 0.176 e. The molecule has 2 aromatic rings. The van der Waals surface area contributed by atoms with Gasteiger partial charge in [-0.15, -0.1) is 11.3 Å². The lowest BCUT2D eigenvalue weighted by atomic mass is 10.3. The molecule has 7 heteroatoms. The molecule has 0 fully saturated rings. The Balaban J connectivity index is 2.20. The minimum atomic E-state index is -0.0600. The summed E-state index contributed by atoms with van der Waals surface area (Å²) in [6.45, 7) is 2.09. The van der Waals surface area contributed by atoms with Crippen LogP contribution in [0.4, 0.5) is 10.7 Å². The molecular weight excluding hydrogens is 264 g/mol. The minimum absolute atomic E-state index is 0.0600. The molecule has 6 nitrogen and oxygen atoms in total. The largest absolute Gasteiger partial charge is 0.492 e. The van der Waals surface area contributed by atoms with Gasteiger partial charge in [-0.1, -0.05) is 0 Å². The van der Waals surface area contributed by atoms with E-state index in [1.54, 1.807) is 10.9 Å². The first-order valence-electron chi connectivity index (χ1n) is 5.71. The van der Waals surface area contributed by atoms with Crippen LogP contribution in [0.15, 0.2) is 12.4 Å². The number of anilines is 2. The number of aryl methyl sites for hydroxylation is 1. The lowest BCUT2D eigenvalue weighted by Gasteiger charge is -2.05. The van der Waals surface area contributed by atoms with Crippen LogP contribution in [0.2, 0.25) is 0 Å². The second kappa shape index (κ2) is 5.31. The molecule has 0 radical (unpaired) electrons. The van der Waals surface area contributed by atoms with Gasteiger partial charge in [-0.25, -0.2) is 0 Å². The molecule has 2 heterocycles. The predicted octanol–water partition coefficient (Wildman–Crippen LogP) is 1.89. The molecule has 0 bridgehead atoms. The Labute approximate surface area is 115 Å². The van der Waals surface area contributed by atoms with Gasteiger partial charge in [0.2, 0.25) is 0 Å². The van der Waals surface area contributed by atoms with Crippen molar-refractivity contribution in [3.05, 3.63) is 22.8 Å². The van der Waals surface area contributed by atoms with E-state index in [2.05, 4.69) is 10.4 Å². The molecule has 0 aromatic carbocycles. The van der Waals surface area contributed by atoms with E-state index in [4.69, 9.17) is 10.5 Å². The number of aromatic nitrogens is 2. The maximum atomic E-state index is 11.5. The van der Waals surface area contributed by atoms with Gasteiger partial charge in [-0.05, 0) is 0 Å². The fourth-order valence-corrected chi connectivity index (χ4v) is 2.74. The van der Waals surface area contributed by atoms with Crippen molar-refractivity contribution in [1.29, 1.82) is 0 Å². The number of hydrogen-bond acceptors (Lipinski definition) is 6. The van der Waals surface area contributed by atoms with Gasteiger partial charge in [0, 0.05) is 32.3 Å². The van der Waals surface area contributed by atoms with Gasteiger partial charge in [0.15, 0.2) is 11.5 Å². The Hall–Kier alpha value is -2.02. The number of ether oxygens (including phenoxy) is 1. The highest BCUT2D eigenvalue weighted by Crippen LogP contribution is 2.42. The Bertz CT molecular complexity index is 603. The Morgan fingerprint density at radius 3 is 2.89 bits per heavy atom. The first-order chi connectivity index (χ1) is 9.02. The van der Waals surface area contributed by atoms with Crippen LogP contribution in [0.25, 0.3) is 0 Å². The maximum Gasteiger partial charge on any atom is 0.176 e. The molecule has 2 aromatic heterocycles. The summed E-state index contributed by atoms with van der Waals surface area (Å²) in [6.07, 6.45) is 3.70. The molecule has 0 aliphatic rings. The van der Waals surface area contributed by atoms with Crippen LogP contribution in [0, 0.1) is 0 Å². The van der Waals surface area contributed by atoms with Crippen molar-refractivity contribution in [2.45, 2.75) is 13.5 Å². The highest BCUT2D eigenvalue weighted by Gasteiger charge is 2.19. The molecule has 19 heavy (non-hydrogen) atoms. The number of methoxy groups -OCH3 is 1. The summed E-state index contributed by atoms with van der Waals surface area (Å²) in [4.78, 5) is 12.0. The number of rotatable bonds is 5. The molecule has 0 atom stereocenters. The highest BCUT2D eigenvalue weighted by atomic mass is 32.1. The molecular formula is C12H16N4O2S. The monoisotopic (exact) mass is 280 g/mol. The van der Waals surface area contributed by atoms with Gasteiger partial charge >= 0.3 is 0 Å². The molecule has 2 rings (SSSR count). The van der Waals surface area contributed by atoms with Crippen LogP contribution < -0.4 is 15.8 Å². The van der Waals surface area contributed by atoms with Crippen LogP contribution in [0.5, 0.6) is 5.75 Å². The summed E-state index contributed by atoms with van der Waals surface area (Å²) < 4.78 is 6.98. The average molecular weight is 280 g/mol. The zero-order valence-corrected chi connectivity index (χ0v) is 11.9. The number of ketones is 1. The molecule has 0 spiro atoms. The minimum Gasteiger partial charge on any atom is -0.492 e. The van der Waals surface area contributed by atoms with Crippen molar-refractivity contribution < 1.29 is 9.53 Å². The third-order valence-corrected chi connectivity index (χ3v) is 3.88. The normalized spacial score (nSPS) is 10.5. The average Bonchev–Trinajstić information content (AvgIpc) is 2.90. The topological polar surface area (TPSA) is 82.2 Å². The first kappa shape index (κ1) is 13.4. The van der Waals surface area contributed by atoms with E-state index in [1.165, 1.54) is 25.4 Å². The molecule has 0 aliphatic heterocycles. The summed E-state index contributed by atoms with van der Waals surface area (Å²) in [6, 6.07) is 0. The number of hydrogen-bond donors (Lipinski definition) is 2. The lowest BCUT2D eigenvalue weighted by molar-refractivity contribution is 0.102. The number of nitrogens with one attached hydrogen (secondary N) is 1. The molecule has 0 amide bonds. The molecule has 0 saturated heterocycles. The van der Waals surface area contributed by atoms with Crippen molar-refractivity contribution in [2.75, 3.05) is 18.2 Å². The van der Waals surface area contributed by atoms with E-state index in [-0.39, 0.29) is 5.78 Å². The van der Waals surface area contributed by atoms with Gasteiger partial charge < -0.3 is 15.8 Å². The van der Waals surface area contributed by atoms with Crippen LogP contribution in [-0.2, 0) is 13.6 Å². The standard InChI is InChI=1S/C12H16N4O2S/c1-7(17)11-9(13)10(18-3)12(19-11)14-4-8-5-15-16(2)6-8/h5-6,14H,4,13H2,1-3H3. The molecule has 102 valence electrons. The number of carbonyl (C=O) groups is 1. The summed E-state index contributed by atoms with van der Waals surface area (Å²) in [7, 11) is 3.40. The van der Waals surface area contributed by atoms with E-state index < -0.39 is 0 Å². The number of nitrogens with two attached hydrogens (primary N) is 1. The van der Waals surface area contributed by atoms with Gasteiger partial charge in [-0.3, -0.25) is 9.48 Å². The van der Waals surface area contributed by atoms with E-state index in [9.17, 15) is 4.79 Å². The second-order valence-electron chi connectivity index (χ2n) is 4.14. The van der Waals surface area contributed by atoms with Crippen molar-refractivity contribution in [2.24, 2.45) is 7.05 Å². The zero-order valence-electron chi connectivity index (χ0n) is 11.1. The molecule has 0 aliphatic carbocycles. The van der Waals surface area contributed by atoms with Crippen molar-refractivity contribution in [3.8, 4) is 5.75 Å². The zero-order chi connectivity index (χ0) is 14.0. The number of thiophene rings is 1. The van der Waals surface area contributed by atoms with Gasteiger partial charge in [0.1, 0.15) is 5.00 Å². The molecule has 0 unspecified atom stereocenters. The van der Waals surface area contributed by atoms with Crippen LogP contribution in [-0.4, -0.2) is 22.7 Å². The molecule has 0 saturated carbocycles. The quantitative estimate of drug-likeness (QED) is 0.817. The number of Topliss-reactive ketones (excluding diaryl/α,β-unsaturated/α-hetero) is 1.